The third-order valence-corrected chi connectivity index (χ3v) is 2.97. The summed E-state index contributed by atoms with van der Waals surface area (Å²) in [6, 6.07) is 1.50. The van der Waals surface area contributed by atoms with E-state index in [-0.39, 0.29) is 24.4 Å². The van der Waals surface area contributed by atoms with Crippen molar-refractivity contribution in [2.45, 2.75) is 25.6 Å². The number of amides is 1. The van der Waals surface area contributed by atoms with E-state index in [1.54, 1.807) is 0 Å². The van der Waals surface area contributed by atoms with Gasteiger partial charge in [0.25, 0.3) is 0 Å². The normalized spacial score (nSPS) is 13.4. The van der Waals surface area contributed by atoms with Crippen molar-refractivity contribution in [3.8, 4) is 0 Å². The van der Waals surface area contributed by atoms with Crippen LogP contribution in [0.2, 0.25) is 0 Å². The molecule has 122 valence electrons. The number of aliphatic hydroxyl groups excluding tert-OH is 2. The molecule has 1 aromatic carbocycles. The zero-order chi connectivity index (χ0) is 16.9. The van der Waals surface area contributed by atoms with Gasteiger partial charge in [0.2, 0.25) is 5.91 Å². The Labute approximate surface area is 125 Å². The molecule has 22 heavy (non-hydrogen) atoms. The molecule has 0 heterocycles. The van der Waals surface area contributed by atoms with Crippen LogP contribution in [0.3, 0.4) is 0 Å². The standard InChI is InChI=1S/C14H17F2NO5/c1-7(18)17-4-3-11(19)13(20)8-5-9(15)12(10(16)6-8)14(21)22-2/h5-6,11,13,19-20H,3-4H2,1-2H3,(H,17,18). The molecule has 2 atom stereocenters. The van der Waals surface area contributed by atoms with E-state index in [4.69, 9.17) is 0 Å². The van der Waals surface area contributed by atoms with Gasteiger partial charge in [-0.15, -0.1) is 0 Å². The molecule has 0 spiro atoms. The van der Waals surface area contributed by atoms with Gasteiger partial charge >= 0.3 is 5.97 Å². The van der Waals surface area contributed by atoms with Crippen molar-refractivity contribution in [1.82, 2.24) is 5.32 Å². The third kappa shape index (κ3) is 4.47. The molecular formula is C14H17F2NO5. The van der Waals surface area contributed by atoms with Crippen LogP contribution in [-0.4, -0.2) is 41.8 Å². The van der Waals surface area contributed by atoms with Gasteiger partial charge < -0.3 is 20.3 Å². The fourth-order valence-corrected chi connectivity index (χ4v) is 1.84. The summed E-state index contributed by atoms with van der Waals surface area (Å²) in [6.45, 7) is 1.39. The summed E-state index contributed by atoms with van der Waals surface area (Å²) in [6.07, 6.45) is -2.91. The molecule has 0 fully saturated rings. The van der Waals surface area contributed by atoms with E-state index in [1.165, 1.54) is 6.92 Å². The van der Waals surface area contributed by atoms with Crippen molar-refractivity contribution < 1.29 is 33.3 Å². The van der Waals surface area contributed by atoms with Gasteiger partial charge in [-0.1, -0.05) is 0 Å². The second-order valence-electron chi connectivity index (χ2n) is 4.63. The summed E-state index contributed by atoms with van der Waals surface area (Å²) in [4.78, 5) is 21.9. The molecule has 6 nitrogen and oxygen atoms in total. The minimum absolute atomic E-state index is 0.0112. The highest BCUT2D eigenvalue weighted by Crippen LogP contribution is 2.24. The van der Waals surface area contributed by atoms with E-state index in [9.17, 15) is 28.6 Å². The minimum atomic E-state index is -1.57. The minimum Gasteiger partial charge on any atom is -0.465 e. The molecule has 2 unspecified atom stereocenters. The van der Waals surface area contributed by atoms with Crippen LogP contribution in [0.4, 0.5) is 8.78 Å². The number of benzene rings is 1. The van der Waals surface area contributed by atoms with Crippen molar-refractivity contribution in [1.29, 1.82) is 0 Å². The Balaban J connectivity index is 2.88. The lowest BCUT2D eigenvalue weighted by Gasteiger charge is -2.19. The smallest absolute Gasteiger partial charge is 0.343 e. The van der Waals surface area contributed by atoms with Gasteiger partial charge in [-0.2, -0.15) is 0 Å². The summed E-state index contributed by atoms with van der Waals surface area (Å²) < 4.78 is 31.7. The molecule has 0 aromatic heterocycles. The number of aliphatic hydroxyl groups is 2. The number of halogens is 2. The van der Waals surface area contributed by atoms with Crippen molar-refractivity contribution >= 4 is 11.9 Å². The lowest BCUT2D eigenvalue weighted by molar-refractivity contribution is -0.119. The Morgan fingerprint density at radius 3 is 2.27 bits per heavy atom. The predicted molar refractivity (Wildman–Crippen MR) is 72.0 cm³/mol. The Morgan fingerprint density at radius 2 is 1.82 bits per heavy atom. The fraction of sp³-hybridized carbons (Fsp3) is 0.429. The second kappa shape index (κ2) is 7.81. The second-order valence-corrected chi connectivity index (χ2v) is 4.63. The van der Waals surface area contributed by atoms with E-state index in [2.05, 4.69) is 10.1 Å². The van der Waals surface area contributed by atoms with Gasteiger partial charge in [0.05, 0.1) is 13.2 Å². The maximum absolute atomic E-state index is 13.7. The first-order valence-electron chi connectivity index (χ1n) is 6.45. The Kier molecular flexibility index (Phi) is 6.39. The molecule has 0 aliphatic carbocycles. The largest absolute Gasteiger partial charge is 0.465 e. The molecule has 3 N–H and O–H groups in total. The lowest BCUT2D eigenvalue weighted by atomic mass is 10.00. The van der Waals surface area contributed by atoms with E-state index in [0.717, 1.165) is 19.2 Å². The molecule has 0 aliphatic heterocycles. The summed E-state index contributed by atoms with van der Waals surface area (Å²) in [5.41, 5.74) is -1.09. The number of methoxy groups -OCH3 is 1. The quantitative estimate of drug-likeness (QED) is 0.670. The van der Waals surface area contributed by atoms with Crippen molar-refractivity contribution in [2.24, 2.45) is 0 Å². The maximum Gasteiger partial charge on any atom is 0.343 e. The molecule has 8 heteroatoms. The van der Waals surface area contributed by atoms with E-state index < -0.39 is 35.4 Å². The highest BCUT2D eigenvalue weighted by molar-refractivity contribution is 5.90. The maximum atomic E-state index is 13.7. The summed E-state index contributed by atoms with van der Waals surface area (Å²) in [7, 11) is 0.982. The van der Waals surface area contributed by atoms with Gasteiger partial charge in [0, 0.05) is 13.5 Å². The molecule has 1 rings (SSSR count). The Hall–Kier alpha value is -2.06. The fourth-order valence-electron chi connectivity index (χ4n) is 1.84. The molecule has 0 saturated carbocycles. The summed E-state index contributed by atoms with van der Waals surface area (Å²) >= 11 is 0. The highest BCUT2D eigenvalue weighted by Gasteiger charge is 2.24. The molecule has 0 aliphatic rings. The van der Waals surface area contributed by atoms with Gasteiger partial charge in [-0.25, -0.2) is 13.6 Å². The number of nitrogens with one attached hydrogen (secondary N) is 1. The predicted octanol–water partition coefficient (Wildman–Crippen LogP) is 0.672. The molecule has 1 aromatic rings. The van der Waals surface area contributed by atoms with Crippen LogP contribution in [0, 0.1) is 11.6 Å². The summed E-state index contributed by atoms with van der Waals surface area (Å²) in [5, 5.41) is 22.0. The first-order valence-corrected chi connectivity index (χ1v) is 6.45. The van der Waals surface area contributed by atoms with Gasteiger partial charge in [-0.3, -0.25) is 4.79 Å². The van der Waals surface area contributed by atoms with Crippen molar-refractivity contribution in [2.75, 3.05) is 13.7 Å². The number of hydrogen-bond donors (Lipinski definition) is 3. The van der Waals surface area contributed by atoms with E-state index >= 15 is 0 Å². The average molecular weight is 317 g/mol. The average Bonchev–Trinajstić information content (AvgIpc) is 2.44. The van der Waals surface area contributed by atoms with Crippen molar-refractivity contribution in [3.63, 3.8) is 0 Å². The van der Waals surface area contributed by atoms with Crippen LogP contribution in [-0.2, 0) is 9.53 Å². The monoisotopic (exact) mass is 317 g/mol. The number of carbonyl (C=O) groups excluding carboxylic acids is 2. The highest BCUT2D eigenvalue weighted by atomic mass is 19.1. The first kappa shape index (κ1) is 18.0. The van der Waals surface area contributed by atoms with E-state index in [0.29, 0.717) is 0 Å². The van der Waals surface area contributed by atoms with Crippen LogP contribution >= 0.6 is 0 Å². The van der Waals surface area contributed by atoms with Gasteiger partial charge in [0.1, 0.15) is 23.3 Å². The van der Waals surface area contributed by atoms with Gasteiger partial charge in [0.15, 0.2) is 0 Å². The summed E-state index contributed by atoms with van der Waals surface area (Å²) in [5.74, 6) is -3.88. The molecule has 0 bridgehead atoms. The third-order valence-electron chi connectivity index (χ3n) is 2.97. The van der Waals surface area contributed by atoms with E-state index in [1.807, 2.05) is 0 Å². The molecule has 0 radical (unpaired) electrons. The Morgan fingerprint density at radius 1 is 1.27 bits per heavy atom. The van der Waals surface area contributed by atoms with Crippen LogP contribution in [0.1, 0.15) is 35.4 Å². The number of esters is 1. The Bertz CT molecular complexity index is 541. The number of ether oxygens (including phenoxy) is 1. The van der Waals surface area contributed by atoms with Crippen molar-refractivity contribution in [3.05, 3.63) is 34.9 Å². The van der Waals surface area contributed by atoms with Gasteiger partial charge in [-0.05, 0) is 24.1 Å². The number of rotatable bonds is 6. The molecule has 1 amide bonds. The first-order chi connectivity index (χ1) is 10.3. The lowest BCUT2D eigenvalue weighted by Crippen LogP contribution is -2.27. The zero-order valence-electron chi connectivity index (χ0n) is 12.1. The molecular weight excluding hydrogens is 300 g/mol. The number of carbonyl (C=O) groups is 2. The SMILES string of the molecule is COC(=O)c1c(F)cc(C(O)C(O)CCNC(C)=O)cc1F. The topological polar surface area (TPSA) is 95.9 Å². The van der Waals surface area contributed by atoms with Crippen LogP contribution in [0.5, 0.6) is 0 Å². The zero-order valence-corrected chi connectivity index (χ0v) is 12.1. The molecule has 0 saturated heterocycles. The van der Waals surface area contributed by atoms with Crippen LogP contribution < -0.4 is 5.32 Å². The van der Waals surface area contributed by atoms with Crippen LogP contribution in [0.25, 0.3) is 0 Å². The van der Waals surface area contributed by atoms with Crippen LogP contribution in [0.15, 0.2) is 12.1 Å². The number of hydrogen-bond acceptors (Lipinski definition) is 5.